The van der Waals surface area contributed by atoms with E-state index in [1.807, 2.05) is 11.9 Å². The maximum atomic E-state index is 8.57. The van der Waals surface area contributed by atoms with Crippen LogP contribution in [0.25, 0.3) is 0 Å². The topological polar surface area (TPSA) is 83.7 Å². The summed E-state index contributed by atoms with van der Waals surface area (Å²) in [6, 6.07) is 0.482. The van der Waals surface area contributed by atoms with Crippen molar-refractivity contribution in [2.24, 2.45) is 0 Å². The molecule has 0 atom stereocenters. The highest BCUT2D eigenvalue weighted by Gasteiger charge is 2.09. The third-order valence-corrected chi connectivity index (χ3v) is 2.29. The van der Waals surface area contributed by atoms with Crippen LogP contribution >= 0.6 is 0 Å². The van der Waals surface area contributed by atoms with E-state index >= 15 is 0 Å². The van der Waals surface area contributed by atoms with E-state index in [1.54, 1.807) is 0 Å². The second-order valence-corrected chi connectivity index (χ2v) is 3.91. The van der Waals surface area contributed by atoms with Gasteiger partial charge in [-0.05, 0) is 13.0 Å². The molecule has 1 heterocycles. The Kier molecular flexibility index (Phi) is 7.31. The van der Waals surface area contributed by atoms with Crippen LogP contribution in [0.5, 0.6) is 0 Å². The molecule has 0 aliphatic heterocycles. The lowest BCUT2D eigenvalue weighted by Crippen LogP contribution is -2.23. The minimum Gasteiger partial charge on any atom is -0.407 e. The maximum absolute atomic E-state index is 8.57. The molecule has 7 nitrogen and oxygen atoms in total. The van der Waals surface area contributed by atoms with Crippen molar-refractivity contribution in [1.29, 1.82) is 0 Å². The fourth-order valence-corrected chi connectivity index (χ4v) is 1.31. The molecule has 7 heteroatoms. The van der Waals surface area contributed by atoms with E-state index < -0.39 is 0 Å². The van der Waals surface area contributed by atoms with Crippen LogP contribution < -0.4 is 10.2 Å². The number of nitrogens with zero attached hydrogens (tertiary/aromatic N) is 3. The normalized spacial score (nSPS) is 10.8. The van der Waals surface area contributed by atoms with Gasteiger partial charge >= 0.3 is 6.01 Å². The molecule has 0 saturated heterocycles. The number of aromatic nitrogens is 2. The summed E-state index contributed by atoms with van der Waals surface area (Å²) in [4.78, 5) is 1.83. The lowest BCUT2D eigenvalue weighted by molar-refractivity contribution is 0.0967. The minimum absolute atomic E-state index is 0.0392. The quantitative estimate of drug-likeness (QED) is 0.572. The van der Waals surface area contributed by atoms with E-state index in [9.17, 15) is 0 Å². The molecule has 0 aromatic carbocycles. The first-order chi connectivity index (χ1) is 8.77. The van der Waals surface area contributed by atoms with Crippen molar-refractivity contribution >= 4 is 6.01 Å². The van der Waals surface area contributed by atoms with Crippen molar-refractivity contribution in [3.63, 3.8) is 0 Å². The van der Waals surface area contributed by atoms with Gasteiger partial charge in [-0.2, -0.15) is 0 Å². The number of aliphatic hydroxyl groups excluding tert-OH is 1. The Morgan fingerprint density at radius 3 is 2.94 bits per heavy atom. The summed E-state index contributed by atoms with van der Waals surface area (Å²) in [6.07, 6.45) is 1.07. The van der Waals surface area contributed by atoms with Crippen LogP contribution in [0.4, 0.5) is 6.01 Å². The third-order valence-electron chi connectivity index (χ3n) is 2.29. The zero-order valence-corrected chi connectivity index (χ0v) is 11.1. The second kappa shape index (κ2) is 8.84. The van der Waals surface area contributed by atoms with Crippen LogP contribution in [0.3, 0.4) is 0 Å². The smallest absolute Gasteiger partial charge is 0.318 e. The molecular weight excluding hydrogens is 236 g/mol. The van der Waals surface area contributed by atoms with E-state index in [1.165, 1.54) is 0 Å². The second-order valence-electron chi connectivity index (χ2n) is 3.91. The van der Waals surface area contributed by atoms with Crippen LogP contribution in [0, 0.1) is 0 Å². The molecular formula is C11H22N4O3. The Morgan fingerprint density at radius 1 is 1.39 bits per heavy atom. The number of aliphatic hydroxyl groups is 1. The predicted octanol–water partition coefficient (Wildman–Crippen LogP) is 0.0143. The summed E-state index contributed by atoms with van der Waals surface area (Å²) < 4.78 is 10.7. The zero-order chi connectivity index (χ0) is 13.2. The Bertz CT molecular complexity index is 319. The van der Waals surface area contributed by atoms with Gasteiger partial charge in [0.2, 0.25) is 5.89 Å². The lowest BCUT2D eigenvalue weighted by atomic mass is 10.5. The average Bonchev–Trinajstić information content (AvgIpc) is 2.84. The Balaban J connectivity index is 2.27. The summed E-state index contributed by atoms with van der Waals surface area (Å²) in [5.74, 6) is 0.585. The van der Waals surface area contributed by atoms with Crippen molar-refractivity contribution < 1.29 is 14.3 Å². The van der Waals surface area contributed by atoms with E-state index in [4.69, 9.17) is 14.3 Å². The van der Waals surface area contributed by atoms with Gasteiger partial charge in [0, 0.05) is 13.6 Å². The van der Waals surface area contributed by atoms with Crippen molar-refractivity contribution in [1.82, 2.24) is 15.5 Å². The molecule has 104 valence electrons. The number of rotatable bonds is 10. The van der Waals surface area contributed by atoms with Crippen molar-refractivity contribution in [2.75, 3.05) is 44.9 Å². The van der Waals surface area contributed by atoms with Gasteiger partial charge in [0.15, 0.2) is 0 Å². The molecule has 0 radical (unpaired) electrons. The molecule has 0 unspecified atom stereocenters. The van der Waals surface area contributed by atoms with Gasteiger partial charge in [0.25, 0.3) is 0 Å². The number of hydrogen-bond acceptors (Lipinski definition) is 7. The van der Waals surface area contributed by atoms with E-state index in [0.717, 1.165) is 13.0 Å². The number of anilines is 1. The zero-order valence-electron chi connectivity index (χ0n) is 11.1. The molecule has 0 aliphatic carbocycles. The molecule has 0 aliphatic rings. The summed E-state index contributed by atoms with van der Waals surface area (Å²) in [7, 11) is 1.86. The first-order valence-corrected chi connectivity index (χ1v) is 6.20. The molecule has 0 fully saturated rings. The first kappa shape index (κ1) is 14.9. The van der Waals surface area contributed by atoms with Crippen LogP contribution in [0.15, 0.2) is 4.42 Å². The first-order valence-electron chi connectivity index (χ1n) is 6.20. The highest BCUT2D eigenvalue weighted by Crippen LogP contribution is 2.09. The van der Waals surface area contributed by atoms with Crippen LogP contribution in [-0.4, -0.2) is 55.3 Å². The van der Waals surface area contributed by atoms with Gasteiger partial charge in [-0.1, -0.05) is 12.0 Å². The molecule has 1 aromatic heterocycles. The molecule has 0 amide bonds. The SMILES string of the molecule is CCCNCc1nnc(N(C)CCOCCO)o1. The van der Waals surface area contributed by atoms with Crippen molar-refractivity contribution in [3.8, 4) is 0 Å². The summed E-state index contributed by atoms with van der Waals surface area (Å²) in [6.45, 7) is 5.18. The van der Waals surface area contributed by atoms with Crippen LogP contribution in [0.2, 0.25) is 0 Å². The van der Waals surface area contributed by atoms with E-state index in [-0.39, 0.29) is 6.61 Å². The summed E-state index contributed by atoms with van der Waals surface area (Å²) in [5, 5.41) is 19.7. The number of ether oxygens (including phenoxy) is 1. The Hall–Kier alpha value is -1.18. The van der Waals surface area contributed by atoms with Crippen molar-refractivity contribution in [3.05, 3.63) is 5.89 Å². The molecule has 0 saturated carbocycles. The van der Waals surface area contributed by atoms with Crippen molar-refractivity contribution in [2.45, 2.75) is 19.9 Å². The Morgan fingerprint density at radius 2 is 2.22 bits per heavy atom. The van der Waals surface area contributed by atoms with Gasteiger partial charge in [0.05, 0.1) is 26.4 Å². The van der Waals surface area contributed by atoms with E-state index in [2.05, 4.69) is 22.4 Å². The predicted molar refractivity (Wildman–Crippen MR) is 67.5 cm³/mol. The molecule has 1 rings (SSSR count). The van der Waals surface area contributed by atoms with Gasteiger partial charge in [-0.15, -0.1) is 5.10 Å². The number of nitrogens with one attached hydrogen (secondary N) is 1. The molecule has 0 spiro atoms. The average molecular weight is 258 g/mol. The highest BCUT2D eigenvalue weighted by atomic mass is 16.5. The number of hydrogen-bond donors (Lipinski definition) is 2. The van der Waals surface area contributed by atoms with Gasteiger partial charge in [0.1, 0.15) is 0 Å². The van der Waals surface area contributed by atoms with Gasteiger partial charge in [-0.3, -0.25) is 0 Å². The third kappa shape index (κ3) is 5.44. The Labute approximate surface area is 107 Å². The standard InChI is InChI=1S/C11H22N4O3/c1-3-4-12-9-10-13-14-11(18-10)15(2)5-7-17-8-6-16/h12,16H,3-9H2,1-2H3. The summed E-state index contributed by atoms with van der Waals surface area (Å²) in [5.41, 5.74) is 0. The fourth-order valence-electron chi connectivity index (χ4n) is 1.31. The van der Waals surface area contributed by atoms with Crippen LogP contribution in [0.1, 0.15) is 19.2 Å². The monoisotopic (exact) mass is 258 g/mol. The van der Waals surface area contributed by atoms with Gasteiger partial charge in [-0.25, -0.2) is 0 Å². The maximum Gasteiger partial charge on any atom is 0.318 e. The lowest BCUT2D eigenvalue weighted by Gasteiger charge is -2.13. The fraction of sp³-hybridized carbons (Fsp3) is 0.818. The molecule has 1 aromatic rings. The van der Waals surface area contributed by atoms with Gasteiger partial charge < -0.3 is 24.5 Å². The largest absolute Gasteiger partial charge is 0.407 e. The summed E-state index contributed by atoms with van der Waals surface area (Å²) >= 11 is 0. The molecule has 0 bridgehead atoms. The number of likely N-dealkylation sites (N-methyl/N-ethyl adjacent to an activating group) is 1. The molecule has 18 heavy (non-hydrogen) atoms. The molecule has 2 N–H and O–H groups in total. The minimum atomic E-state index is 0.0392. The highest BCUT2D eigenvalue weighted by molar-refractivity contribution is 5.21. The van der Waals surface area contributed by atoms with Crippen LogP contribution in [-0.2, 0) is 11.3 Å². The van der Waals surface area contributed by atoms with E-state index in [0.29, 0.717) is 38.2 Å².